The van der Waals surface area contributed by atoms with Crippen LogP contribution < -0.4 is 11.1 Å². The van der Waals surface area contributed by atoms with E-state index in [1.165, 1.54) is 5.56 Å². The molecule has 0 spiro atoms. The molecule has 0 radical (unpaired) electrons. The van der Waals surface area contributed by atoms with Crippen molar-refractivity contribution in [3.63, 3.8) is 0 Å². The van der Waals surface area contributed by atoms with Gasteiger partial charge in [0.25, 0.3) is 5.91 Å². The summed E-state index contributed by atoms with van der Waals surface area (Å²) in [5.41, 5.74) is 7.15. The zero-order valence-electron chi connectivity index (χ0n) is 13.9. The van der Waals surface area contributed by atoms with Gasteiger partial charge in [-0.2, -0.15) is 0 Å². The minimum atomic E-state index is -0.383. The second-order valence-corrected chi connectivity index (χ2v) is 6.40. The average Bonchev–Trinajstić information content (AvgIpc) is 2.44. The lowest BCUT2D eigenvalue weighted by Crippen LogP contribution is -2.48. The molecule has 1 rings (SSSR count). The van der Waals surface area contributed by atoms with Gasteiger partial charge in [0.1, 0.15) is 0 Å². The topological polar surface area (TPSA) is 58.4 Å². The van der Waals surface area contributed by atoms with Gasteiger partial charge < -0.3 is 11.1 Å². The van der Waals surface area contributed by atoms with E-state index in [0.717, 1.165) is 13.1 Å². The van der Waals surface area contributed by atoms with Crippen molar-refractivity contribution in [3.05, 3.63) is 35.4 Å². The first-order chi connectivity index (χ1) is 9.79. The summed E-state index contributed by atoms with van der Waals surface area (Å²) < 4.78 is 0. The Labute approximate surface area is 128 Å². The van der Waals surface area contributed by atoms with Crippen molar-refractivity contribution in [2.45, 2.75) is 52.7 Å². The molecule has 0 heterocycles. The van der Waals surface area contributed by atoms with Crippen molar-refractivity contribution in [1.29, 1.82) is 0 Å². The molecule has 0 unspecified atom stereocenters. The van der Waals surface area contributed by atoms with E-state index in [2.05, 4.69) is 31.0 Å². The van der Waals surface area contributed by atoms with Gasteiger partial charge in [-0.15, -0.1) is 0 Å². The molecular formula is C17H29N3O. The number of nitrogens with zero attached hydrogens (tertiary/aromatic N) is 1. The van der Waals surface area contributed by atoms with E-state index >= 15 is 0 Å². The van der Waals surface area contributed by atoms with Crippen LogP contribution in [0.5, 0.6) is 0 Å². The molecule has 1 aromatic rings. The zero-order chi connectivity index (χ0) is 16.0. The average molecular weight is 291 g/mol. The van der Waals surface area contributed by atoms with Crippen molar-refractivity contribution in [2.75, 3.05) is 13.1 Å². The predicted octanol–water partition coefficient (Wildman–Crippen LogP) is 2.38. The van der Waals surface area contributed by atoms with Crippen LogP contribution >= 0.6 is 0 Å². The maximum atomic E-state index is 12.1. The highest BCUT2D eigenvalue weighted by Gasteiger charge is 2.19. The van der Waals surface area contributed by atoms with Crippen LogP contribution in [0.4, 0.5) is 0 Å². The van der Waals surface area contributed by atoms with Crippen molar-refractivity contribution in [1.82, 2.24) is 10.2 Å². The monoisotopic (exact) mass is 291 g/mol. The normalized spacial score (nSPS) is 12.0. The third-order valence-electron chi connectivity index (χ3n) is 3.70. The third kappa shape index (κ3) is 5.48. The molecule has 0 saturated heterocycles. The summed E-state index contributed by atoms with van der Waals surface area (Å²) in [6, 6.07) is 8.32. The Morgan fingerprint density at radius 1 is 1.29 bits per heavy atom. The van der Waals surface area contributed by atoms with Crippen LogP contribution in [-0.2, 0) is 6.54 Å². The highest BCUT2D eigenvalue weighted by molar-refractivity contribution is 5.94. The van der Waals surface area contributed by atoms with Gasteiger partial charge >= 0.3 is 0 Å². The Bertz CT molecular complexity index is 452. The molecule has 0 aliphatic carbocycles. The SMILES string of the molecule is CCN(Cc1ccc(C(=O)NC(C)(C)CN)cc1)C(C)C. The predicted molar refractivity (Wildman–Crippen MR) is 88.3 cm³/mol. The summed E-state index contributed by atoms with van der Waals surface area (Å²) in [4.78, 5) is 14.5. The van der Waals surface area contributed by atoms with Gasteiger partial charge in [-0.3, -0.25) is 9.69 Å². The van der Waals surface area contributed by atoms with E-state index in [9.17, 15) is 4.79 Å². The first-order valence-corrected chi connectivity index (χ1v) is 7.64. The Hall–Kier alpha value is -1.39. The van der Waals surface area contributed by atoms with Crippen LogP contribution in [0.2, 0.25) is 0 Å². The van der Waals surface area contributed by atoms with Gasteiger partial charge in [0.05, 0.1) is 0 Å². The van der Waals surface area contributed by atoms with E-state index in [-0.39, 0.29) is 11.4 Å². The Morgan fingerprint density at radius 2 is 1.86 bits per heavy atom. The molecular weight excluding hydrogens is 262 g/mol. The molecule has 4 nitrogen and oxygen atoms in total. The smallest absolute Gasteiger partial charge is 0.251 e. The molecule has 0 aliphatic heterocycles. The Kier molecular flexibility index (Phi) is 6.37. The van der Waals surface area contributed by atoms with E-state index in [1.54, 1.807) is 0 Å². The molecule has 0 atom stereocenters. The molecule has 0 aromatic heterocycles. The van der Waals surface area contributed by atoms with Crippen LogP contribution in [0.25, 0.3) is 0 Å². The summed E-state index contributed by atoms with van der Waals surface area (Å²) in [6.07, 6.45) is 0. The van der Waals surface area contributed by atoms with E-state index in [4.69, 9.17) is 5.73 Å². The highest BCUT2D eigenvalue weighted by Crippen LogP contribution is 2.11. The van der Waals surface area contributed by atoms with Crippen molar-refractivity contribution in [3.8, 4) is 0 Å². The fourth-order valence-electron chi connectivity index (χ4n) is 2.09. The van der Waals surface area contributed by atoms with Crippen LogP contribution in [0.1, 0.15) is 50.5 Å². The lowest BCUT2D eigenvalue weighted by Gasteiger charge is -2.25. The molecule has 0 aliphatic rings. The molecule has 3 N–H and O–H groups in total. The minimum Gasteiger partial charge on any atom is -0.346 e. The number of benzene rings is 1. The molecule has 1 aromatic carbocycles. The first-order valence-electron chi connectivity index (χ1n) is 7.64. The van der Waals surface area contributed by atoms with Gasteiger partial charge in [0.2, 0.25) is 0 Å². The molecule has 0 saturated carbocycles. The van der Waals surface area contributed by atoms with Gasteiger partial charge in [0, 0.05) is 30.2 Å². The van der Waals surface area contributed by atoms with E-state index in [0.29, 0.717) is 18.2 Å². The van der Waals surface area contributed by atoms with Crippen LogP contribution in [-0.4, -0.2) is 35.5 Å². The second-order valence-electron chi connectivity index (χ2n) is 6.40. The molecule has 4 heteroatoms. The van der Waals surface area contributed by atoms with Gasteiger partial charge in [-0.05, 0) is 51.9 Å². The van der Waals surface area contributed by atoms with Crippen LogP contribution in [0, 0.1) is 0 Å². The van der Waals surface area contributed by atoms with E-state index in [1.807, 2.05) is 38.1 Å². The maximum absolute atomic E-state index is 12.1. The molecule has 0 bridgehead atoms. The van der Waals surface area contributed by atoms with Crippen molar-refractivity contribution >= 4 is 5.91 Å². The van der Waals surface area contributed by atoms with Crippen molar-refractivity contribution in [2.24, 2.45) is 5.73 Å². The number of hydrogen-bond acceptors (Lipinski definition) is 3. The summed E-state index contributed by atoms with van der Waals surface area (Å²) in [7, 11) is 0. The first kappa shape index (κ1) is 17.7. The van der Waals surface area contributed by atoms with Crippen LogP contribution in [0.15, 0.2) is 24.3 Å². The standard InChI is InChI=1S/C17H29N3O/c1-6-20(13(2)3)11-14-7-9-15(10-8-14)16(21)19-17(4,5)12-18/h7-10,13H,6,11-12,18H2,1-5H3,(H,19,21). The Morgan fingerprint density at radius 3 is 2.29 bits per heavy atom. The zero-order valence-corrected chi connectivity index (χ0v) is 13.9. The number of nitrogens with one attached hydrogen (secondary N) is 1. The lowest BCUT2D eigenvalue weighted by atomic mass is 10.0. The van der Waals surface area contributed by atoms with Crippen molar-refractivity contribution < 1.29 is 4.79 Å². The fraction of sp³-hybridized carbons (Fsp3) is 0.588. The summed E-state index contributed by atoms with van der Waals surface area (Å²) >= 11 is 0. The summed E-state index contributed by atoms with van der Waals surface area (Å²) in [5, 5.41) is 2.94. The molecule has 1 amide bonds. The number of rotatable bonds is 7. The maximum Gasteiger partial charge on any atom is 0.251 e. The number of nitrogens with two attached hydrogens (primary N) is 1. The summed E-state index contributed by atoms with van der Waals surface area (Å²) in [5.74, 6) is -0.0757. The fourth-order valence-corrected chi connectivity index (χ4v) is 2.09. The lowest BCUT2D eigenvalue weighted by molar-refractivity contribution is 0.0915. The molecule has 118 valence electrons. The largest absolute Gasteiger partial charge is 0.346 e. The second kappa shape index (κ2) is 7.57. The number of carbonyl (C=O) groups is 1. The third-order valence-corrected chi connectivity index (χ3v) is 3.70. The quantitative estimate of drug-likeness (QED) is 0.811. The van der Waals surface area contributed by atoms with Gasteiger partial charge in [-0.1, -0.05) is 19.1 Å². The van der Waals surface area contributed by atoms with Gasteiger partial charge in [0.15, 0.2) is 0 Å². The Balaban J connectivity index is 2.72. The number of hydrogen-bond donors (Lipinski definition) is 2. The number of amides is 1. The van der Waals surface area contributed by atoms with E-state index < -0.39 is 0 Å². The minimum absolute atomic E-state index is 0.0757. The molecule has 21 heavy (non-hydrogen) atoms. The van der Waals surface area contributed by atoms with Gasteiger partial charge in [-0.25, -0.2) is 0 Å². The number of carbonyl (C=O) groups excluding carboxylic acids is 1. The summed E-state index contributed by atoms with van der Waals surface area (Å²) in [6.45, 7) is 12.7. The highest BCUT2D eigenvalue weighted by atomic mass is 16.1. The van der Waals surface area contributed by atoms with Crippen LogP contribution in [0.3, 0.4) is 0 Å². The molecule has 0 fully saturated rings.